The molecular formula is C23H30O4. The summed E-state index contributed by atoms with van der Waals surface area (Å²) >= 11 is 0. The van der Waals surface area contributed by atoms with Crippen LogP contribution in [0.2, 0.25) is 0 Å². The zero-order valence-electron chi connectivity index (χ0n) is 15.8. The van der Waals surface area contributed by atoms with Gasteiger partial charge in [0.25, 0.3) is 0 Å². The number of aliphatic hydroxyl groups is 1. The molecule has 2 bridgehead atoms. The Kier molecular flexibility index (Phi) is 5.65. The molecule has 0 amide bonds. The molecule has 4 rings (SSSR count). The van der Waals surface area contributed by atoms with Crippen LogP contribution >= 0.6 is 0 Å². The number of aliphatic hydroxyl groups excluding tert-OH is 1. The second-order valence-corrected chi connectivity index (χ2v) is 8.51. The van der Waals surface area contributed by atoms with E-state index in [1.807, 2.05) is 18.2 Å². The molecule has 1 aromatic rings. The van der Waals surface area contributed by atoms with E-state index in [2.05, 4.69) is 6.08 Å². The van der Waals surface area contributed by atoms with Crippen molar-refractivity contribution in [1.82, 2.24) is 0 Å². The smallest absolute Gasteiger partial charge is 0.335 e. The maximum Gasteiger partial charge on any atom is 0.335 e. The number of carboxylic acids is 1. The van der Waals surface area contributed by atoms with Crippen LogP contribution < -0.4 is 0 Å². The van der Waals surface area contributed by atoms with Crippen LogP contribution in [0, 0.1) is 17.8 Å². The lowest BCUT2D eigenvalue weighted by atomic mass is 9.75. The fraction of sp³-hybridized carbons (Fsp3) is 0.609. The summed E-state index contributed by atoms with van der Waals surface area (Å²) < 4.78 is 6.18. The minimum atomic E-state index is -0.887. The van der Waals surface area contributed by atoms with Gasteiger partial charge in [-0.05, 0) is 61.6 Å². The number of rotatable bonds is 6. The van der Waals surface area contributed by atoms with Gasteiger partial charge in [0.1, 0.15) is 0 Å². The molecule has 5 atom stereocenters. The average molecular weight is 370 g/mol. The minimum Gasteiger partial charge on any atom is -0.478 e. The average Bonchev–Trinajstić information content (AvgIpc) is 3.29. The maximum absolute atomic E-state index is 11.0. The van der Waals surface area contributed by atoms with Gasteiger partial charge >= 0.3 is 5.97 Å². The van der Waals surface area contributed by atoms with Crippen LogP contribution in [0.1, 0.15) is 60.9 Å². The molecule has 2 aliphatic heterocycles. The van der Waals surface area contributed by atoms with Crippen molar-refractivity contribution in [2.75, 3.05) is 0 Å². The van der Waals surface area contributed by atoms with Gasteiger partial charge in [0.2, 0.25) is 0 Å². The molecule has 0 aromatic heterocycles. The van der Waals surface area contributed by atoms with Crippen molar-refractivity contribution in [2.24, 2.45) is 17.8 Å². The molecule has 2 saturated heterocycles. The van der Waals surface area contributed by atoms with E-state index >= 15 is 0 Å². The maximum atomic E-state index is 11.0. The molecule has 1 saturated carbocycles. The van der Waals surface area contributed by atoms with Gasteiger partial charge in [-0.2, -0.15) is 0 Å². The van der Waals surface area contributed by atoms with E-state index in [1.54, 1.807) is 12.1 Å². The van der Waals surface area contributed by atoms with Crippen molar-refractivity contribution in [3.63, 3.8) is 0 Å². The number of ether oxygens (including phenoxy) is 1. The molecule has 4 heteroatoms. The van der Waals surface area contributed by atoms with Gasteiger partial charge in [0.15, 0.2) is 0 Å². The fourth-order valence-electron chi connectivity index (χ4n) is 5.28. The molecule has 1 aliphatic carbocycles. The normalized spacial score (nSPS) is 32.2. The Morgan fingerprint density at radius 2 is 1.78 bits per heavy atom. The number of carboxylic acid groups (broad SMARTS) is 1. The first-order chi connectivity index (χ1) is 13.1. The van der Waals surface area contributed by atoms with Gasteiger partial charge < -0.3 is 14.9 Å². The third-order valence-corrected chi connectivity index (χ3v) is 6.82. The molecule has 3 fully saturated rings. The van der Waals surface area contributed by atoms with Crippen LogP contribution in [-0.4, -0.2) is 34.5 Å². The molecule has 1 unspecified atom stereocenters. The van der Waals surface area contributed by atoms with Crippen LogP contribution in [0.25, 0.3) is 0 Å². The zero-order valence-corrected chi connectivity index (χ0v) is 15.8. The van der Waals surface area contributed by atoms with E-state index in [-0.39, 0.29) is 18.3 Å². The SMILES string of the molecule is O=C(O)c1ccc(C[C@@H]2[C@H](C=CC(O)C3CCCCC3)[C@@H]3CC[C@H]2O3)cc1. The summed E-state index contributed by atoms with van der Waals surface area (Å²) in [5.41, 5.74) is 1.49. The molecule has 4 nitrogen and oxygen atoms in total. The van der Waals surface area contributed by atoms with Crippen molar-refractivity contribution in [3.05, 3.63) is 47.5 Å². The van der Waals surface area contributed by atoms with Gasteiger partial charge in [0.05, 0.1) is 23.9 Å². The molecule has 3 aliphatic rings. The molecule has 0 spiro atoms. The van der Waals surface area contributed by atoms with Crippen molar-refractivity contribution in [3.8, 4) is 0 Å². The van der Waals surface area contributed by atoms with Gasteiger partial charge in [-0.15, -0.1) is 0 Å². The number of carbonyl (C=O) groups is 1. The predicted octanol–water partition coefficient (Wildman–Crippen LogP) is 4.22. The monoisotopic (exact) mass is 370 g/mol. The van der Waals surface area contributed by atoms with Gasteiger partial charge in [-0.25, -0.2) is 4.79 Å². The second kappa shape index (κ2) is 8.15. The van der Waals surface area contributed by atoms with E-state index in [0.717, 1.165) is 37.7 Å². The van der Waals surface area contributed by atoms with E-state index in [9.17, 15) is 9.90 Å². The summed E-state index contributed by atoms with van der Waals surface area (Å²) in [4.78, 5) is 11.0. The van der Waals surface area contributed by atoms with E-state index < -0.39 is 5.97 Å². The van der Waals surface area contributed by atoms with Gasteiger partial charge in [-0.1, -0.05) is 43.5 Å². The van der Waals surface area contributed by atoms with Crippen molar-refractivity contribution < 1.29 is 19.7 Å². The van der Waals surface area contributed by atoms with Gasteiger partial charge in [0, 0.05) is 5.92 Å². The zero-order chi connectivity index (χ0) is 18.8. The summed E-state index contributed by atoms with van der Waals surface area (Å²) in [6.45, 7) is 0. The minimum absolute atomic E-state index is 0.271. The summed E-state index contributed by atoms with van der Waals surface area (Å²) in [5.74, 6) is 0.286. The first kappa shape index (κ1) is 18.7. The number of aromatic carboxylic acids is 1. The van der Waals surface area contributed by atoms with Crippen molar-refractivity contribution >= 4 is 5.97 Å². The third-order valence-electron chi connectivity index (χ3n) is 6.82. The molecule has 2 N–H and O–H groups in total. The Balaban J connectivity index is 1.43. The topological polar surface area (TPSA) is 66.8 Å². The molecule has 0 radical (unpaired) electrons. The van der Waals surface area contributed by atoms with Crippen LogP contribution in [0.5, 0.6) is 0 Å². The number of hydrogen-bond acceptors (Lipinski definition) is 3. The Morgan fingerprint density at radius 1 is 1.07 bits per heavy atom. The Bertz CT molecular complexity index is 674. The molecule has 146 valence electrons. The lowest BCUT2D eigenvalue weighted by Crippen LogP contribution is -2.28. The highest BCUT2D eigenvalue weighted by Gasteiger charge is 2.47. The summed E-state index contributed by atoms with van der Waals surface area (Å²) in [7, 11) is 0. The quantitative estimate of drug-likeness (QED) is 0.736. The highest BCUT2D eigenvalue weighted by atomic mass is 16.5. The standard InChI is InChI=1S/C23H30O4/c24-20(16-4-2-1-3-5-16)11-10-18-19(22-13-12-21(18)27-22)14-15-6-8-17(9-7-15)23(25)26/h6-11,16,18-22,24H,1-5,12-14H2,(H,25,26)/t18-,19+,20?,21-,22+/m0/s1. The number of hydrogen-bond donors (Lipinski definition) is 2. The predicted molar refractivity (Wildman–Crippen MR) is 104 cm³/mol. The summed E-state index contributed by atoms with van der Waals surface area (Å²) in [6, 6.07) is 7.22. The lowest BCUT2D eigenvalue weighted by Gasteiger charge is -2.28. The molecule has 2 heterocycles. The highest BCUT2D eigenvalue weighted by Crippen LogP contribution is 2.45. The Hall–Kier alpha value is -1.65. The number of fused-ring (bicyclic) bond motifs is 2. The lowest BCUT2D eigenvalue weighted by molar-refractivity contribution is 0.0696. The first-order valence-corrected chi connectivity index (χ1v) is 10.5. The highest BCUT2D eigenvalue weighted by molar-refractivity contribution is 5.87. The van der Waals surface area contributed by atoms with E-state index in [0.29, 0.717) is 23.3 Å². The summed E-state index contributed by atoms with van der Waals surface area (Å²) in [6.07, 6.45) is 13.6. The summed E-state index contributed by atoms with van der Waals surface area (Å²) in [5, 5.41) is 19.6. The van der Waals surface area contributed by atoms with Crippen molar-refractivity contribution in [2.45, 2.75) is 69.7 Å². The Morgan fingerprint density at radius 3 is 2.48 bits per heavy atom. The molecular weight excluding hydrogens is 340 g/mol. The molecule has 27 heavy (non-hydrogen) atoms. The van der Waals surface area contributed by atoms with E-state index in [1.165, 1.54) is 19.3 Å². The van der Waals surface area contributed by atoms with Crippen LogP contribution in [0.15, 0.2) is 36.4 Å². The second-order valence-electron chi connectivity index (χ2n) is 8.51. The third kappa shape index (κ3) is 4.12. The van der Waals surface area contributed by atoms with E-state index in [4.69, 9.17) is 9.84 Å². The largest absolute Gasteiger partial charge is 0.478 e. The molecule has 1 aromatic carbocycles. The Labute approximate surface area is 161 Å². The van der Waals surface area contributed by atoms with Crippen LogP contribution in [0.3, 0.4) is 0 Å². The van der Waals surface area contributed by atoms with Gasteiger partial charge in [-0.3, -0.25) is 0 Å². The first-order valence-electron chi connectivity index (χ1n) is 10.5. The van der Waals surface area contributed by atoms with Crippen LogP contribution in [-0.2, 0) is 11.2 Å². The fourth-order valence-corrected chi connectivity index (χ4v) is 5.28. The number of benzene rings is 1. The van der Waals surface area contributed by atoms with Crippen molar-refractivity contribution in [1.29, 1.82) is 0 Å². The van der Waals surface area contributed by atoms with Crippen LogP contribution in [0.4, 0.5) is 0 Å².